The molecule has 6 nitrogen and oxygen atoms in total. The smallest absolute Gasteiger partial charge is 0.258 e. The van der Waals surface area contributed by atoms with E-state index in [2.05, 4.69) is 15.6 Å². The molecule has 1 aromatic heterocycles. The number of para-hydroxylation sites is 2. The van der Waals surface area contributed by atoms with Crippen molar-refractivity contribution < 1.29 is 9.59 Å². The van der Waals surface area contributed by atoms with Gasteiger partial charge < -0.3 is 9.88 Å². The summed E-state index contributed by atoms with van der Waals surface area (Å²) in [6, 6.07) is 13.1. The van der Waals surface area contributed by atoms with Crippen LogP contribution in [0.4, 0.5) is 11.6 Å². The number of carbonyl (C=O) groups excluding carboxylic acids is 2. The normalized spacial score (nSPS) is 16.2. The molecule has 0 aliphatic carbocycles. The Labute approximate surface area is 155 Å². The van der Waals surface area contributed by atoms with E-state index in [4.69, 9.17) is 0 Å². The van der Waals surface area contributed by atoms with Crippen LogP contribution in [0.1, 0.15) is 24.2 Å². The molecule has 2 aromatic carbocycles. The van der Waals surface area contributed by atoms with Crippen LogP contribution in [0.2, 0.25) is 0 Å². The van der Waals surface area contributed by atoms with Crippen LogP contribution in [0, 0.1) is 0 Å². The Morgan fingerprint density at radius 2 is 2.12 bits per heavy atom. The highest BCUT2D eigenvalue weighted by atomic mass is 32.2. The van der Waals surface area contributed by atoms with Crippen LogP contribution in [0.15, 0.2) is 47.4 Å². The molecule has 132 valence electrons. The zero-order valence-corrected chi connectivity index (χ0v) is 15.3. The highest BCUT2D eigenvalue weighted by Crippen LogP contribution is 2.36. The lowest BCUT2D eigenvalue weighted by Crippen LogP contribution is -2.26. The molecule has 4 rings (SSSR count). The fourth-order valence-corrected chi connectivity index (χ4v) is 3.95. The van der Waals surface area contributed by atoms with Crippen LogP contribution < -0.4 is 10.6 Å². The molecule has 26 heavy (non-hydrogen) atoms. The predicted molar refractivity (Wildman–Crippen MR) is 104 cm³/mol. The van der Waals surface area contributed by atoms with Gasteiger partial charge in [-0.25, -0.2) is 4.98 Å². The molecule has 0 radical (unpaired) electrons. The third-order valence-electron chi connectivity index (χ3n) is 4.37. The van der Waals surface area contributed by atoms with Crippen molar-refractivity contribution in [1.82, 2.24) is 9.55 Å². The Bertz CT molecular complexity index is 1030. The van der Waals surface area contributed by atoms with Gasteiger partial charge in [-0.1, -0.05) is 12.1 Å². The molecular weight excluding hydrogens is 348 g/mol. The first-order chi connectivity index (χ1) is 12.6. The number of thioether (sulfide) groups is 1. The Hall–Kier alpha value is -2.80. The average Bonchev–Trinajstić information content (AvgIpc) is 2.99. The third kappa shape index (κ3) is 2.84. The van der Waals surface area contributed by atoms with Gasteiger partial charge in [0.15, 0.2) is 0 Å². The molecule has 2 N–H and O–H groups in total. The van der Waals surface area contributed by atoms with E-state index in [9.17, 15) is 9.59 Å². The Morgan fingerprint density at radius 1 is 1.31 bits per heavy atom. The molecular formula is C19H18N4O2S. The van der Waals surface area contributed by atoms with E-state index < -0.39 is 0 Å². The monoisotopic (exact) mass is 366 g/mol. The second kappa shape index (κ2) is 6.49. The molecule has 0 spiro atoms. The van der Waals surface area contributed by atoms with E-state index in [-0.39, 0.29) is 17.1 Å². The fourth-order valence-electron chi connectivity index (χ4n) is 3.01. The number of amides is 2. The molecule has 0 unspecified atom stereocenters. The van der Waals surface area contributed by atoms with Crippen LogP contribution in [0.25, 0.3) is 11.0 Å². The maximum absolute atomic E-state index is 12.7. The summed E-state index contributed by atoms with van der Waals surface area (Å²) in [6.07, 6.45) is 0. The van der Waals surface area contributed by atoms with Crippen molar-refractivity contribution in [2.45, 2.75) is 30.5 Å². The first kappa shape index (κ1) is 16.7. The van der Waals surface area contributed by atoms with Crippen molar-refractivity contribution in [3.8, 4) is 0 Å². The number of hydrogen-bond donors (Lipinski definition) is 2. The lowest BCUT2D eigenvalue weighted by molar-refractivity contribution is -0.115. The van der Waals surface area contributed by atoms with Crippen molar-refractivity contribution in [1.29, 1.82) is 0 Å². The number of hydrogen-bond acceptors (Lipinski definition) is 4. The summed E-state index contributed by atoms with van der Waals surface area (Å²) in [5.74, 6) is 0.215. The number of carbonyl (C=O) groups is 2. The minimum absolute atomic E-state index is 0.0483. The van der Waals surface area contributed by atoms with Crippen molar-refractivity contribution in [2.24, 2.45) is 0 Å². The molecule has 1 aliphatic rings. The summed E-state index contributed by atoms with van der Waals surface area (Å²) < 4.78 is 1.96. The lowest BCUT2D eigenvalue weighted by Gasteiger charge is -2.21. The number of benzene rings is 2. The van der Waals surface area contributed by atoms with Crippen LogP contribution in [-0.4, -0.2) is 26.6 Å². The van der Waals surface area contributed by atoms with Gasteiger partial charge in [0.05, 0.1) is 22.0 Å². The van der Waals surface area contributed by atoms with Gasteiger partial charge in [-0.3, -0.25) is 14.9 Å². The SMILES string of the molecule is CCn1c(NC(=O)c2ccc3c(c2)NC(=O)[C@@H](C)S3)nc2ccccc21. The number of aryl methyl sites for hydroxylation is 1. The van der Waals surface area contributed by atoms with Crippen molar-refractivity contribution in [2.75, 3.05) is 10.6 Å². The van der Waals surface area contributed by atoms with Gasteiger partial charge in [0, 0.05) is 17.0 Å². The highest BCUT2D eigenvalue weighted by molar-refractivity contribution is 8.00. The van der Waals surface area contributed by atoms with Gasteiger partial charge in [-0.15, -0.1) is 11.8 Å². The van der Waals surface area contributed by atoms with Crippen LogP contribution in [0.3, 0.4) is 0 Å². The maximum atomic E-state index is 12.7. The Balaban J connectivity index is 1.63. The molecule has 1 aliphatic heterocycles. The molecule has 2 amide bonds. The molecule has 0 bridgehead atoms. The second-order valence-electron chi connectivity index (χ2n) is 6.08. The van der Waals surface area contributed by atoms with Crippen molar-refractivity contribution >= 4 is 46.2 Å². The van der Waals surface area contributed by atoms with Gasteiger partial charge in [0.1, 0.15) is 0 Å². The topological polar surface area (TPSA) is 76.0 Å². The molecule has 2 heterocycles. The zero-order chi connectivity index (χ0) is 18.3. The Morgan fingerprint density at radius 3 is 2.92 bits per heavy atom. The number of nitrogens with zero attached hydrogens (tertiary/aromatic N) is 2. The number of fused-ring (bicyclic) bond motifs is 2. The summed E-state index contributed by atoms with van der Waals surface area (Å²) in [4.78, 5) is 30.1. The van der Waals surface area contributed by atoms with Crippen LogP contribution >= 0.6 is 11.8 Å². The molecule has 0 saturated heterocycles. The van der Waals surface area contributed by atoms with Gasteiger partial charge >= 0.3 is 0 Å². The standard InChI is InChI=1S/C19H18N4O2S/c1-3-23-15-7-5-4-6-13(15)21-19(23)22-18(25)12-8-9-16-14(10-12)20-17(24)11(2)26-16/h4-11H,3H2,1-2H3,(H,20,24)(H,21,22,25)/t11-/m1/s1. The largest absolute Gasteiger partial charge is 0.324 e. The average molecular weight is 366 g/mol. The minimum Gasteiger partial charge on any atom is -0.324 e. The Kier molecular flexibility index (Phi) is 4.16. The number of aromatic nitrogens is 2. The molecule has 1 atom stereocenters. The number of imidazole rings is 1. The summed E-state index contributed by atoms with van der Waals surface area (Å²) in [6.45, 7) is 4.57. The first-order valence-electron chi connectivity index (χ1n) is 8.45. The fraction of sp³-hybridized carbons (Fsp3) is 0.211. The van der Waals surface area contributed by atoms with Gasteiger partial charge in [0.25, 0.3) is 5.91 Å². The molecule has 7 heteroatoms. The van der Waals surface area contributed by atoms with E-state index in [0.717, 1.165) is 15.9 Å². The van der Waals surface area contributed by atoms with E-state index >= 15 is 0 Å². The van der Waals surface area contributed by atoms with Gasteiger partial charge in [-0.2, -0.15) is 0 Å². The molecule has 3 aromatic rings. The minimum atomic E-state index is -0.254. The highest BCUT2D eigenvalue weighted by Gasteiger charge is 2.24. The van der Waals surface area contributed by atoms with Crippen LogP contribution in [0.5, 0.6) is 0 Å². The summed E-state index contributed by atoms with van der Waals surface area (Å²) in [7, 11) is 0. The molecule has 0 saturated carbocycles. The van der Waals surface area contributed by atoms with Crippen molar-refractivity contribution in [3.05, 3.63) is 48.0 Å². The lowest BCUT2D eigenvalue weighted by atomic mass is 10.2. The van der Waals surface area contributed by atoms with E-state index in [1.165, 1.54) is 11.8 Å². The summed E-state index contributed by atoms with van der Waals surface area (Å²) in [5.41, 5.74) is 2.98. The number of anilines is 2. The van der Waals surface area contributed by atoms with Gasteiger partial charge in [-0.05, 0) is 44.2 Å². The van der Waals surface area contributed by atoms with E-state index in [1.54, 1.807) is 12.1 Å². The van der Waals surface area contributed by atoms with Crippen LogP contribution in [-0.2, 0) is 11.3 Å². The second-order valence-corrected chi connectivity index (χ2v) is 7.47. The summed E-state index contributed by atoms with van der Waals surface area (Å²) in [5, 5.41) is 5.61. The van der Waals surface area contributed by atoms with Gasteiger partial charge in [0.2, 0.25) is 11.9 Å². The molecule has 0 fully saturated rings. The third-order valence-corrected chi connectivity index (χ3v) is 5.55. The number of rotatable bonds is 3. The zero-order valence-electron chi connectivity index (χ0n) is 14.4. The maximum Gasteiger partial charge on any atom is 0.258 e. The van der Waals surface area contributed by atoms with E-state index in [1.807, 2.05) is 48.7 Å². The first-order valence-corrected chi connectivity index (χ1v) is 9.33. The van der Waals surface area contributed by atoms with Crippen molar-refractivity contribution in [3.63, 3.8) is 0 Å². The van der Waals surface area contributed by atoms with E-state index in [0.29, 0.717) is 23.7 Å². The predicted octanol–water partition coefficient (Wildman–Crippen LogP) is 3.74. The number of nitrogens with one attached hydrogen (secondary N) is 2. The quantitative estimate of drug-likeness (QED) is 0.740. The summed E-state index contributed by atoms with van der Waals surface area (Å²) >= 11 is 1.49.